The summed E-state index contributed by atoms with van der Waals surface area (Å²) in [4.78, 5) is 16.0. The molecule has 90 valence electrons. The standard InChI is InChI=1S/C13H15ClN2O/c14-11-6-5-8(7-15-11)16-13(17)12-9-3-1-2-4-10(9)12/h5-7,9-10,12H,1-4H2,(H,16,17). The lowest BCUT2D eigenvalue weighted by Gasteiger charge is -2.04. The minimum Gasteiger partial charge on any atom is -0.324 e. The molecule has 0 aliphatic heterocycles. The minimum absolute atomic E-state index is 0.158. The number of nitrogens with zero attached hydrogens (tertiary/aromatic N) is 1. The van der Waals surface area contributed by atoms with Crippen LogP contribution in [-0.2, 0) is 4.79 Å². The molecule has 0 aromatic carbocycles. The Morgan fingerprint density at radius 2 is 2.00 bits per heavy atom. The molecule has 1 N–H and O–H groups in total. The fraction of sp³-hybridized carbons (Fsp3) is 0.538. The summed E-state index contributed by atoms with van der Waals surface area (Å²) in [5.41, 5.74) is 0.739. The molecule has 0 spiro atoms. The van der Waals surface area contributed by atoms with Crippen molar-refractivity contribution < 1.29 is 4.79 Å². The lowest BCUT2D eigenvalue weighted by atomic mass is 10.0. The molecule has 2 fully saturated rings. The van der Waals surface area contributed by atoms with Gasteiger partial charge in [-0.15, -0.1) is 0 Å². The van der Waals surface area contributed by atoms with Crippen molar-refractivity contribution in [3.63, 3.8) is 0 Å². The Bertz CT molecular complexity index is 420. The third-order valence-electron chi connectivity index (χ3n) is 3.95. The Hall–Kier alpha value is -1.09. The number of amides is 1. The Morgan fingerprint density at radius 3 is 2.59 bits per heavy atom. The lowest BCUT2D eigenvalue weighted by molar-refractivity contribution is -0.117. The molecule has 0 bridgehead atoms. The van der Waals surface area contributed by atoms with Gasteiger partial charge in [0.05, 0.1) is 11.9 Å². The largest absolute Gasteiger partial charge is 0.324 e. The van der Waals surface area contributed by atoms with E-state index in [1.54, 1.807) is 18.3 Å². The van der Waals surface area contributed by atoms with Crippen molar-refractivity contribution in [1.82, 2.24) is 4.98 Å². The summed E-state index contributed by atoms with van der Waals surface area (Å²) in [6.45, 7) is 0. The third kappa shape index (κ3) is 2.16. The van der Waals surface area contributed by atoms with Gasteiger partial charge in [0.2, 0.25) is 5.91 Å². The summed E-state index contributed by atoms with van der Waals surface area (Å²) in [5, 5.41) is 3.37. The highest BCUT2D eigenvalue weighted by atomic mass is 35.5. The molecule has 2 unspecified atom stereocenters. The Balaban J connectivity index is 1.62. The zero-order valence-electron chi connectivity index (χ0n) is 9.53. The maximum Gasteiger partial charge on any atom is 0.228 e. The minimum atomic E-state index is 0.158. The monoisotopic (exact) mass is 250 g/mol. The average molecular weight is 251 g/mol. The third-order valence-corrected chi connectivity index (χ3v) is 4.18. The highest BCUT2D eigenvalue weighted by Crippen LogP contribution is 2.55. The second kappa shape index (κ2) is 4.30. The number of hydrogen-bond donors (Lipinski definition) is 1. The van der Waals surface area contributed by atoms with E-state index in [-0.39, 0.29) is 11.8 Å². The highest BCUT2D eigenvalue weighted by Gasteiger charge is 2.54. The van der Waals surface area contributed by atoms with Gasteiger partial charge in [0.1, 0.15) is 5.15 Å². The van der Waals surface area contributed by atoms with Crippen molar-refractivity contribution in [3.05, 3.63) is 23.5 Å². The number of anilines is 1. The first-order valence-corrected chi connectivity index (χ1v) is 6.56. The normalized spacial score (nSPS) is 30.5. The van der Waals surface area contributed by atoms with Crippen LogP contribution in [0.15, 0.2) is 18.3 Å². The molecule has 3 nitrogen and oxygen atoms in total. The first kappa shape index (κ1) is 11.0. The number of fused-ring (bicyclic) bond motifs is 1. The topological polar surface area (TPSA) is 42.0 Å². The van der Waals surface area contributed by atoms with Crippen molar-refractivity contribution in [3.8, 4) is 0 Å². The molecule has 2 aliphatic carbocycles. The number of rotatable bonds is 2. The van der Waals surface area contributed by atoms with Crippen molar-refractivity contribution in [2.75, 3.05) is 5.32 Å². The van der Waals surface area contributed by atoms with Crippen LogP contribution in [0, 0.1) is 17.8 Å². The van der Waals surface area contributed by atoms with Gasteiger partial charge in [-0.3, -0.25) is 4.79 Å². The predicted molar refractivity (Wildman–Crippen MR) is 66.8 cm³/mol. The Morgan fingerprint density at radius 1 is 1.29 bits per heavy atom. The van der Waals surface area contributed by atoms with Gasteiger partial charge in [-0.05, 0) is 36.8 Å². The van der Waals surface area contributed by atoms with Crippen LogP contribution in [0.5, 0.6) is 0 Å². The molecule has 1 heterocycles. The molecule has 1 aromatic rings. The second-order valence-corrected chi connectivity index (χ2v) is 5.38. The predicted octanol–water partition coefficient (Wildman–Crippen LogP) is 3.11. The number of carbonyl (C=O) groups excluding carboxylic acids is 1. The van der Waals surface area contributed by atoms with E-state index in [0.29, 0.717) is 17.0 Å². The van der Waals surface area contributed by atoms with E-state index >= 15 is 0 Å². The first-order chi connectivity index (χ1) is 8.25. The molecule has 2 aliphatic rings. The summed E-state index contributed by atoms with van der Waals surface area (Å²) in [6, 6.07) is 3.48. The maximum absolute atomic E-state index is 12.1. The van der Waals surface area contributed by atoms with Crippen LogP contribution in [0.3, 0.4) is 0 Å². The van der Waals surface area contributed by atoms with Crippen LogP contribution < -0.4 is 5.32 Å². The van der Waals surface area contributed by atoms with Gasteiger partial charge in [0.25, 0.3) is 0 Å². The lowest BCUT2D eigenvalue weighted by Crippen LogP contribution is -2.15. The van der Waals surface area contributed by atoms with Gasteiger partial charge in [0.15, 0.2) is 0 Å². The van der Waals surface area contributed by atoms with Gasteiger partial charge in [-0.25, -0.2) is 4.98 Å². The quantitative estimate of drug-likeness (QED) is 0.820. The number of hydrogen-bond acceptors (Lipinski definition) is 2. The van der Waals surface area contributed by atoms with Gasteiger partial charge >= 0.3 is 0 Å². The molecule has 2 saturated carbocycles. The molecule has 0 saturated heterocycles. The number of halogens is 1. The molecule has 1 aromatic heterocycles. The molecule has 3 rings (SSSR count). The van der Waals surface area contributed by atoms with E-state index in [1.165, 1.54) is 25.7 Å². The van der Waals surface area contributed by atoms with Crippen LogP contribution in [0.4, 0.5) is 5.69 Å². The fourth-order valence-electron chi connectivity index (χ4n) is 3.06. The summed E-state index contributed by atoms with van der Waals surface area (Å²) >= 11 is 5.70. The molecular formula is C13H15ClN2O. The first-order valence-electron chi connectivity index (χ1n) is 6.18. The zero-order valence-corrected chi connectivity index (χ0v) is 10.3. The van der Waals surface area contributed by atoms with E-state index in [0.717, 1.165) is 5.69 Å². The van der Waals surface area contributed by atoms with E-state index in [1.807, 2.05) is 0 Å². The number of carbonyl (C=O) groups is 1. The molecule has 2 atom stereocenters. The average Bonchev–Trinajstić information content (AvgIpc) is 3.06. The van der Waals surface area contributed by atoms with E-state index in [9.17, 15) is 4.79 Å². The number of aromatic nitrogens is 1. The molecule has 0 radical (unpaired) electrons. The molecule has 1 amide bonds. The van der Waals surface area contributed by atoms with Gasteiger partial charge in [0, 0.05) is 5.92 Å². The van der Waals surface area contributed by atoms with Crippen molar-refractivity contribution in [2.24, 2.45) is 17.8 Å². The SMILES string of the molecule is O=C(Nc1ccc(Cl)nc1)C1C2CCCCC21. The van der Waals surface area contributed by atoms with Crippen molar-refractivity contribution in [1.29, 1.82) is 0 Å². The summed E-state index contributed by atoms with van der Waals surface area (Å²) in [5.74, 6) is 1.69. The molecule has 4 heteroatoms. The smallest absolute Gasteiger partial charge is 0.228 e. The Kier molecular flexibility index (Phi) is 2.79. The summed E-state index contributed by atoms with van der Waals surface area (Å²) < 4.78 is 0. The van der Waals surface area contributed by atoms with Crippen molar-refractivity contribution >= 4 is 23.2 Å². The van der Waals surface area contributed by atoms with E-state index in [2.05, 4.69) is 10.3 Å². The van der Waals surface area contributed by atoms with Gasteiger partial charge in [-0.1, -0.05) is 24.4 Å². The van der Waals surface area contributed by atoms with Crippen molar-refractivity contribution in [2.45, 2.75) is 25.7 Å². The number of nitrogens with one attached hydrogen (secondary N) is 1. The van der Waals surface area contributed by atoms with E-state index in [4.69, 9.17) is 11.6 Å². The van der Waals surface area contributed by atoms with Gasteiger partial charge in [-0.2, -0.15) is 0 Å². The zero-order chi connectivity index (χ0) is 11.8. The second-order valence-electron chi connectivity index (χ2n) is 5.00. The van der Waals surface area contributed by atoms with Crippen LogP contribution in [0.2, 0.25) is 5.15 Å². The number of pyridine rings is 1. The van der Waals surface area contributed by atoms with Crippen LogP contribution in [-0.4, -0.2) is 10.9 Å². The Labute approximate surface area is 106 Å². The maximum atomic E-state index is 12.1. The summed E-state index contributed by atoms with van der Waals surface area (Å²) in [6.07, 6.45) is 6.62. The van der Waals surface area contributed by atoms with Crippen LogP contribution >= 0.6 is 11.6 Å². The molecular weight excluding hydrogens is 236 g/mol. The molecule has 17 heavy (non-hydrogen) atoms. The van der Waals surface area contributed by atoms with Crippen LogP contribution in [0.1, 0.15) is 25.7 Å². The fourth-order valence-corrected chi connectivity index (χ4v) is 3.17. The van der Waals surface area contributed by atoms with Crippen LogP contribution in [0.25, 0.3) is 0 Å². The summed E-state index contributed by atoms with van der Waals surface area (Å²) in [7, 11) is 0. The van der Waals surface area contributed by atoms with Gasteiger partial charge < -0.3 is 5.32 Å². The highest BCUT2D eigenvalue weighted by molar-refractivity contribution is 6.29. The van der Waals surface area contributed by atoms with E-state index < -0.39 is 0 Å².